The van der Waals surface area contributed by atoms with Crippen LogP contribution in [0.5, 0.6) is 0 Å². The number of thiazole rings is 1. The minimum atomic E-state index is -0.374. The van der Waals surface area contributed by atoms with E-state index >= 15 is 0 Å². The molecule has 0 saturated carbocycles. The van der Waals surface area contributed by atoms with E-state index in [1.54, 1.807) is 35.7 Å². The molecule has 0 aliphatic carbocycles. The third kappa shape index (κ3) is 6.05. The Balaban J connectivity index is 1.49. The molecule has 4 aromatic rings. The summed E-state index contributed by atoms with van der Waals surface area (Å²) in [5.41, 5.74) is 2.65. The molecule has 0 spiro atoms. The van der Waals surface area contributed by atoms with Crippen LogP contribution in [0.15, 0.2) is 66.0 Å². The summed E-state index contributed by atoms with van der Waals surface area (Å²) in [4.78, 5) is 29.5. The highest BCUT2D eigenvalue weighted by Gasteiger charge is 2.13. The highest BCUT2D eigenvalue weighted by atomic mass is 35.5. The molecule has 0 aliphatic heterocycles. The highest BCUT2D eigenvalue weighted by molar-refractivity contribution is 7.14. The molecule has 10 heteroatoms. The standard InChI is InChI=1S/C23H13Cl4N3O2S/c24-15-4-13(5-16(25)9-15)21(31)28-19-3-1-2-12(8-19)20-11-33-23(29-20)30-22(32)14-6-17(26)10-18(27)7-14/h1-11H,(H,28,31)(H,29,30,32). The van der Waals surface area contributed by atoms with Crippen molar-refractivity contribution in [1.29, 1.82) is 0 Å². The summed E-state index contributed by atoms with van der Waals surface area (Å²) in [6.07, 6.45) is 0. The molecule has 1 heterocycles. The highest BCUT2D eigenvalue weighted by Crippen LogP contribution is 2.28. The Hall–Kier alpha value is -2.61. The quantitative estimate of drug-likeness (QED) is 0.272. The fraction of sp³-hybridized carbons (Fsp3) is 0. The monoisotopic (exact) mass is 535 g/mol. The molecule has 2 N–H and O–H groups in total. The zero-order valence-corrected chi connectivity index (χ0v) is 20.4. The Morgan fingerprint density at radius 2 is 1.27 bits per heavy atom. The SMILES string of the molecule is O=C(Nc1cccc(-c2csc(NC(=O)c3cc(Cl)cc(Cl)c3)n2)c1)c1cc(Cl)cc(Cl)c1. The van der Waals surface area contributed by atoms with E-state index in [1.165, 1.54) is 35.6 Å². The second-order valence-electron chi connectivity index (χ2n) is 6.84. The maximum absolute atomic E-state index is 12.6. The second-order valence-corrected chi connectivity index (χ2v) is 9.45. The number of amides is 2. The van der Waals surface area contributed by atoms with E-state index < -0.39 is 0 Å². The normalized spacial score (nSPS) is 10.7. The van der Waals surface area contributed by atoms with E-state index in [0.717, 1.165) is 5.56 Å². The third-order valence-corrected chi connectivity index (χ3v) is 6.02. The number of rotatable bonds is 5. The fourth-order valence-electron chi connectivity index (χ4n) is 2.96. The first kappa shape index (κ1) is 23.5. The molecule has 33 heavy (non-hydrogen) atoms. The van der Waals surface area contributed by atoms with Crippen LogP contribution in [0.1, 0.15) is 20.7 Å². The summed E-state index contributed by atoms with van der Waals surface area (Å²) in [6, 6.07) is 16.4. The first-order valence-corrected chi connectivity index (χ1v) is 11.8. The molecule has 1 aromatic heterocycles. The van der Waals surface area contributed by atoms with Crippen molar-refractivity contribution in [3.63, 3.8) is 0 Å². The van der Waals surface area contributed by atoms with Gasteiger partial charge in [-0.1, -0.05) is 58.5 Å². The lowest BCUT2D eigenvalue weighted by Gasteiger charge is -2.07. The van der Waals surface area contributed by atoms with Gasteiger partial charge in [0.15, 0.2) is 5.13 Å². The van der Waals surface area contributed by atoms with E-state index in [4.69, 9.17) is 46.4 Å². The van der Waals surface area contributed by atoms with Gasteiger partial charge >= 0.3 is 0 Å². The number of benzene rings is 3. The van der Waals surface area contributed by atoms with Gasteiger partial charge in [-0.15, -0.1) is 11.3 Å². The molecule has 0 atom stereocenters. The summed E-state index contributed by atoms with van der Waals surface area (Å²) in [5, 5.41) is 9.25. The summed E-state index contributed by atoms with van der Waals surface area (Å²) < 4.78 is 0. The minimum absolute atomic E-state index is 0.329. The number of carbonyl (C=O) groups is 2. The molecular formula is C23H13Cl4N3O2S. The second kappa shape index (κ2) is 10.1. The summed E-state index contributed by atoms with van der Waals surface area (Å²) >= 11 is 25.2. The molecule has 0 unspecified atom stereocenters. The summed E-state index contributed by atoms with van der Waals surface area (Å²) in [6.45, 7) is 0. The van der Waals surface area contributed by atoms with Gasteiger partial charge in [0.1, 0.15) is 0 Å². The van der Waals surface area contributed by atoms with Crippen molar-refractivity contribution in [3.8, 4) is 11.3 Å². The smallest absolute Gasteiger partial charge is 0.257 e. The van der Waals surface area contributed by atoms with Crippen molar-refractivity contribution in [2.45, 2.75) is 0 Å². The van der Waals surface area contributed by atoms with Crippen molar-refractivity contribution in [3.05, 3.63) is 97.3 Å². The lowest BCUT2D eigenvalue weighted by atomic mass is 10.1. The number of aromatic nitrogens is 1. The molecule has 3 aromatic carbocycles. The van der Waals surface area contributed by atoms with Crippen molar-refractivity contribution >= 4 is 80.4 Å². The van der Waals surface area contributed by atoms with Crippen molar-refractivity contribution in [2.75, 3.05) is 10.6 Å². The Kier molecular flexibility index (Phi) is 7.22. The molecule has 4 rings (SSSR count). The molecule has 166 valence electrons. The van der Waals surface area contributed by atoms with E-state index in [0.29, 0.717) is 47.7 Å². The molecular weight excluding hydrogens is 524 g/mol. The van der Waals surface area contributed by atoms with E-state index in [2.05, 4.69) is 15.6 Å². The van der Waals surface area contributed by atoms with Gasteiger partial charge in [0.2, 0.25) is 0 Å². The van der Waals surface area contributed by atoms with Crippen LogP contribution in [0.25, 0.3) is 11.3 Å². The Morgan fingerprint density at radius 3 is 1.85 bits per heavy atom. The lowest BCUT2D eigenvalue weighted by Crippen LogP contribution is -2.12. The number of anilines is 2. The molecule has 5 nitrogen and oxygen atoms in total. The van der Waals surface area contributed by atoms with Gasteiger partial charge in [-0.05, 0) is 48.5 Å². The van der Waals surface area contributed by atoms with Crippen LogP contribution in [-0.2, 0) is 0 Å². The van der Waals surface area contributed by atoms with Gasteiger partial charge in [0, 0.05) is 47.8 Å². The van der Waals surface area contributed by atoms with Crippen LogP contribution >= 0.6 is 57.7 Å². The van der Waals surface area contributed by atoms with Crippen molar-refractivity contribution in [1.82, 2.24) is 4.98 Å². The van der Waals surface area contributed by atoms with Gasteiger partial charge in [-0.3, -0.25) is 14.9 Å². The first-order valence-electron chi connectivity index (χ1n) is 9.38. The summed E-state index contributed by atoms with van der Waals surface area (Å²) in [7, 11) is 0. The minimum Gasteiger partial charge on any atom is -0.322 e. The van der Waals surface area contributed by atoms with Gasteiger partial charge < -0.3 is 5.32 Å². The van der Waals surface area contributed by atoms with Crippen molar-refractivity contribution in [2.24, 2.45) is 0 Å². The number of carbonyl (C=O) groups excluding carboxylic acids is 2. The van der Waals surface area contributed by atoms with Gasteiger partial charge in [0.05, 0.1) is 5.69 Å². The predicted octanol–water partition coefficient (Wildman–Crippen LogP) is 7.93. The lowest BCUT2D eigenvalue weighted by molar-refractivity contribution is 0.101. The molecule has 2 amide bonds. The Labute approximate surface area is 213 Å². The van der Waals surface area contributed by atoms with Crippen LogP contribution in [0.3, 0.4) is 0 Å². The molecule has 0 saturated heterocycles. The van der Waals surface area contributed by atoms with Gasteiger partial charge in [-0.25, -0.2) is 4.98 Å². The molecule has 0 fully saturated rings. The maximum atomic E-state index is 12.6. The predicted molar refractivity (Wildman–Crippen MR) is 136 cm³/mol. The zero-order valence-electron chi connectivity index (χ0n) is 16.5. The fourth-order valence-corrected chi connectivity index (χ4v) is 4.73. The van der Waals surface area contributed by atoms with Crippen LogP contribution < -0.4 is 10.6 Å². The van der Waals surface area contributed by atoms with Crippen LogP contribution in [-0.4, -0.2) is 16.8 Å². The average Bonchev–Trinajstić information content (AvgIpc) is 3.21. The topological polar surface area (TPSA) is 71.1 Å². The Bertz CT molecular complexity index is 1330. The number of hydrogen-bond acceptors (Lipinski definition) is 4. The zero-order chi connectivity index (χ0) is 23.5. The molecule has 0 radical (unpaired) electrons. The van der Waals surface area contributed by atoms with Crippen LogP contribution in [0, 0.1) is 0 Å². The van der Waals surface area contributed by atoms with E-state index in [9.17, 15) is 9.59 Å². The number of hydrogen-bond donors (Lipinski definition) is 2. The number of nitrogens with zero attached hydrogens (tertiary/aromatic N) is 1. The Morgan fingerprint density at radius 1 is 0.727 bits per heavy atom. The molecule has 0 aliphatic rings. The first-order chi connectivity index (χ1) is 15.8. The summed E-state index contributed by atoms with van der Waals surface area (Å²) in [5.74, 6) is -0.718. The van der Waals surface area contributed by atoms with Gasteiger partial charge in [0.25, 0.3) is 11.8 Å². The largest absolute Gasteiger partial charge is 0.322 e. The van der Waals surface area contributed by atoms with Gasteiger partial charge in [-0.2, -0.15) is 0 Å². The number of nitrogens with one attached hydrogen (secondary N) is 2. The van der Waals surface area contributed by atoms with Crippen molar-refractivity contribution < 1.29 is 9.59 Å². The van der Waals surface area contributed by atoms with E-state index in [1.807, 2.05) is 6.07 Å². The van der Waals surface area contributed by atoms with E-state index in [-0.39, 0.29) is 11.8 Å². The number of halogens is 4. The average molecular weight is 537 g/mol. The third-order valence-electron chi connectivity index (χ3n) is 4.39. The molecule has 0 bridgehead atoms. The van der Waals surface area contributed by atoms with Crippen LogP contribution in [0.4, 0.5) is 10.8 Å². The van der Waals surface area contributed by atoms with Crippen LogP contribution in [0.2, 0.25) is 20.1 Å². The maximum Gasteiger partial charge on any atom is 0.257 e.